The lowest BCUT2D eigenvalue weighted by atomic mass is 10.2. The zero-order chi connectivity index (χ0) is 12.8. The van der Waals surface area contributed by atoms with Gasteiger partial charge >= 0.3 is 5.97 Å². The van der Waals surface area contributed by atoms with Gasteiger partial charge in [0.1, 0.15) is 0 Å². The summed E-state index contributed by atoms with van der Waals surface area (Å²) in [5.74, 6) is -0.469. The van der Waals surface area contributed by atoms with E-state index in [4.69, 9.17) is 28.3 Å². The molecule has 1 atom stereocenters. The first-order valence-electron chi connectivity index (χ1n) is 5.06. The molecule has 1 rings (SSSR count). The summed E-state index contributed by atoms with van der Waals surface area (Å²) >= 11 is 11.8. The number of benzene rings is 1. The molecule has 0 heterocycles. The first-order valence-corrected chi connectivity index (χ1v) is 7.14. The lowest BCUT2D eigenvalue weighted by Gasteiger charge is -2.06. The van der Waals surface area contributed by atoms with Gasteiger partial charge in [0.05, 0.1) is 25.7 Å². The number of carboxylic acid groups (broad SMARTS) is 1. The van der Waals surface area contributed by atoms with E-state index in [-0.39, 0.29) is 6.42 Å². The summed E-state index contributed by atoms with van der Waals surface area (Å²) in [6.07, 6.45) is 1.16. The summed E-state index contributed by atoms with van der Waals surface area (Å²) in [6.45, 7) is 0. The Morgan fingerprint density at radius 1 is 1.24 bits per heavy atom. The lowest BCUT2D eigenvalue weighted by molar-refractivity contribution is -0.137. The zero-order valence-electron chi connectivity index (χ0n) is 8.99. The normalized spacial score (nSPS) is 12.4. The number of carboxylic acids is 1. The molecule has 0 saturated carbocycles. The van der Waals surface area contributed by atoms with Crippen LogP contribution in [0.5, 0.6) is 0 Å². The molecule has 1 aromatic rings. The van der Waals surface area contributed by atoms with Gasteiger partial charge in [-0.1, -0.05) is 29.3 Å². The van der Waals surface area contributed by atoms with Crippen molar-refractivity contribution in [1.29, 1.82) is 0 Å². The van der Waals surface area contributed by atoms with Crippen LogP contribution in [0.4, 0.5) is 0 Å². The second-order valence-corrected chi connectivity index (χ2v) is 5.77. The van der Waals surface area contributed by atoms with E-state index in [0.29, 0.717) is 33.5 Å². The van der Waals surface area contributed by atoms with E-state index in [1.807, 2.05) is 0 Å². The maximum Gasteiger partial charge on any atom is 0.303 e. The van der Waals surface area contributed by atoms with E-state index in [2.05, 4.69) is 0 Å². The molecule has 0 fully saturated rings. The van der Waals surface area contributed by atoms with E-state index in [1.54, 1.807) is 18.2 Å². The smallest absolute Gasteiger partial charge is 0.303 e. The topological polar surface area (TPSA) is 54.4 Å². The number of carbonyl (C=O) groups is 1. The quantitative estimate of drug-likeness (QED) is 0.819. The molecule has 0 aliphatic carbocycles. The number of aliphatic carboxylic acids is 1. The second-order valence-electron chi connectivity index (χ2n) is 3.45. The van der Waals surface area contributed by atoms with Gasteiger partial charge in [-0.25, -0.2) is 0 Å². The standard InChI is InChI=1S/C11H12Cl2O3S/c12-8-4-3-5-9(13)11(8)17(16)7-2-1-6-10(14)15/h3-5H,1-2,6-7H2,(H,14,15). The summed E-state index contributed by atoms with van der Waals surface area (Å²) in [7, 11) is -1.28. The Morgan fingerprint density at radius 2 is 1.82 bits per heavy atom. The Morgan fingerprint density at radius 3 is 2.35 bits per heavy atom. The third-order valence-corrected chi connectivity index (χ3v) is 4.53. The highest BCUT2D eigenvalue weighted by Gasteiger charge is 2.12. The minimum atomic E-state index is -1.28. The second kappa shape index (κ2) is 6.99. The number of halogens is 2. The van der Waals surface area contributed by atoms with E-state index >= 15 is 0 Å². The van der Waals surface area contributed by atoms with Gasteiger partial charge in [-0.15, -0.1) is 0 Å². The molecule has 1 unspecified atom stereocenters. The maximum atomic E-state index is 11.9. The third kappa shape index (κ3) is 4.66. The van der Waals surface area contributed by atoms with Gasteiger partial charge in [-0.3, -0.25) is 9.00 Å². The molecule has 94 valence electrons. The van der Waals surface area contributed by atoms with Gasteiger partial charge in [0.2, 0.25) is 0 Å². The Balaban J connectivity index is 2.55. The van der Waals surface area contributed by atoms with Gasteiger partial charge in [0, 0.05) is 12.2 Å². The maximum absolute atomic E-state index is 11.9. The number of rotatable bonds is 6. The molecule has 1 N–H and O–H groups in total. The molecule has 0 aliphatic rings. The van der Waals surface area contributed by atoms with Crippen molar-refractivity contribution in [3.05, 3.63) is 28.2 Å². The predicted octanol–water partition coefficient (Wildman–Crippen LogP) is 3.36. The van der Waals surface area contributed by atoms with E-state index < -0.39 is 16.8 Å². The fourth-order valence-corrected chi connectivity index (χ4v) is 3.47. The Kier molecular flexibility index (Phi) is 5.95. The van der Waals surface area contributed by atoms with Crippen molar-refractivity contribution in [2.45, 2.75) is 24.2 Å². The highest BCUT2D eigenvalue weighted by atomic mass is 35.5. The monoisotopic (exact) mass is 294 g/mol. The third-order valence-electron chi connectivity index (χ3n) is 2.12. The summed E-state index contributed by atoms with van der Waals surface area (Å²) in [4.78, 5) is 10.7. The zero-order valence-corrected chi connectivity index (χ0v) is 11.3. The average molecular weight is 295 g/mol. The molecule has 17 heavy (non-hydrogen) atoms. The Hall–Kier alpha value is -0.580. The molecule has 1 aromatic carbocycles. The van der Waals surface area contributed by atoms with Gasteiger partial charge < -0.3 is 5.11 Å². The van der Waals surface area contributed by atoms with Crippen molar-refractivity contribution < 1.29 is 14.1 Å². The van der Waals surface area contributed by atoms with E-state index in [9.17, 15) is 9.00 Å². The van der Waals surface area contributed by atoms with Gasteiger partial charge in [0.25, 0.3) is 0 Å². The van der Waals surface area contributed by atoms with Crippen LogP contribution in [0, 0.1) is 0 Å². The molecule has 0 aliphatic heterocycles. The summed E-state index contributed by atoms with van der Waals surface area (Å²) in [6, 6.07) is 4.96. The first-order chi connectivity index (χ1) is 8.02. The number of hydrogen-bond acceptors (Lipinski definition) is 2. The highest BCUT2D eigenvalue weighted by Crippen LogP contribution is 2.28. The molecule has 0 amide bonds. The molecule has 6 heteroatoms. The summed E-state index contributed by atoms with van der Waals surface area (Å²) in [5.41, 5.74) is 0. The number of hydrogen-bond donors (Lipinski definition) is 1. The minimum Gasteiger partial charge on any atom is -0.481 e. The van der Waals surface area contributed by atoms with Crippen molar-refractivity contribution in [2.75, 3.05) is 5.75 Å². The molecule has 3 nitrogen and oxygen atoms in total. The van der Waals surface area contributed by atoms with Crippen molar-refractivity contribution in [3.63, 3.8) is 0 Å². The van der Waals surface area contributed by atoms with Crippen molar-refractivity contribution >= 4 is 40.0 Å². The van der Waals surface area contributed by atoms with Crippen LogP contribution in [0.2, 0.25) is 10.0 Å². The van der Waals surface area contributed by atoms with Crippen LogP contribution in [0.25, 0.3) is 0 Å². The van der Waals surface area contributed by atoms with Crippen LogP contribution in [-0.4, -0.2) is 21.0 Å². The first kappa shape index (κ1) is 14.5. The minimum absolute atomic E-state index is 0.0907. The van der Waals surface area contributed by atoms with E-state index in [1.165, 1.54) is 0 Å². The van der Waals surface area contributed by atoms with E-state index in [0.717, 1.165) is 0 Å². The average Bonchev–Trinajstić information content (AvgIpc) is 2.24. The van der Waals surface area contributed by atoms with Crippen molar-refractivity contribution in [1.82, 2.24) is 0 Å². The molecular weight excluding hydrogens is 283 g/mol. The van der Waals surface area contributed by atoms with Crippen LogP contribution in [0.1, 0.15) is 19.3 Å². The lowest BCUT2D eigenvalue weighted by Crippen LogP contribution is -2.02. The fourth-order valence-electron chi connectivity index (χ4n) is 1.31. The van der Waals surface area contributed by atoms with Crippen LogP contribution in [0.3, 0.4) is 0 Å². The molecule has 0 aromatic heterocycles. The predicted molar refractivity (Wildman–Crippen MR) is 69.2 cm³/mol. The van der Waals surface area contributed by atoms with Crippen LogP contribution < -0.4 is 0 Å². The molecular formula is C11H12Cl2O3S. The summed E-state index contributed by atoms with van der Waals surface area (Å²) < 4.78 is 11.9. The molecule has 0 bridgehead atoms. The van der Waals surface area contributed by atoms with Crippen molar-refractivity contribution in [3.8, 4) is 0 Å². The van der Waals surface area contributed by atoms with Crippen LogP contribution >= 0.6 is 23.2 Å². The Labute approximate surface area is 112 Å². The molecule has 0 radical (unpaired) electrons. The molecule has 0 saturated heterocycles. The van der Waals surface area contributed by atoms with Gasteiger partial charge in [-0.2, -0.15) is 0 Å². The van der Waals surface area contributed by atoms with Crippen molar-refractivity contribution in [2.24, 2.45) is 0 Å². The highest BCUT2D eigenvalue weighted by molar-refractivity contribution is 7.85. The van der Waals surface area contributed by atoms with Gasteiger partial charge in [-0.05, 0) is 25.0 Å². The molecule has 0 spiro atoms. The largest absolute Gasteiger partial charge is 0.481 e. The Bertz CT molecular complexity index is 414. The SMILES string of the molecule is O=C(O)CCCCS(=O)c1c(Cl)cccc1Cl. The van der Waals surface area contributed by atoms with Gasteiger partial charge in [0.15, 0.2) is 0 Å². The van der Waals surface area contributed by atoms with Crippen LogP contribution in [0.15, 0.2) is 23.1 Å². The summed E-state index contributed by atoms with van der Waals surface area (Å²) in [5, 5.41) is 9.23. The fraction of sp³-hybridized carbons (Fsp3) is 0.364. The number of unbranched alkanes of at least 4 members (excludes halogenated alkanes) is 1. The van der Waals surface area contributed by atoms with Crippen LogP contribution in [-0.2, 0) is 15.6 Å².